The van der Waals surface area contributed by atoms with E-state index >= 15 is 0 Å². The SMILES string of the molecule is C=Cc1cc(OC)c(Oc2cccnc2[N+](=O)[O-])cc1F.CCc1cc(OC)c(Oc2cccnc2N)cc1F. The van der Waals surface area contributed by atoms with Gasteiger partial charge in [-0.05, 0) is 58.3 Å². The third kappa shape index (κ3) is 6.98. The van der Waals surface area contributed by atoms with E-state index in [1.165, 1.54) is 50.8 Å². The van der Waals surface area contributed by atoms with Gasteiger partial charge in [-0.15, -0.1) is 0 Å². The van der Waals surface area contributed by atoms with Crippen molar-refractivity contribution in [2.45, 2.75) is 13.3 Å². The number of nitrogens with zero attached hydrogens (tertiary/aromatic N) is 3. The van der Waals surface area contributed by atoms with Crippen molar-refractivity contribution < 1.29 is 32.7 Å². The number of benzene rings is 2. The molecular weight excluding hydrogens is 526 g/mol. The van der Waals surface area contributed by atoms with E-state index in [1.54, 1.807) is 24.4 Å². The molecule has 0 aliphatic rings. The Balaban J connectivity index is 0.000000222. The average Bonchev–Trinajstić information content (AvgIpc) is 2.95. The van der Waals surface area contributed by atoms with E-state index in [4.69, 9.17) is 24.7 Å². The summed E-state index contributed by atoms with van der Waals surface area (Å²) >= 11 is 0. The topological polar surface area (TPSA) is 132 Å². The van der Waals surface area contributed by atoms with Crippen LogP contribution < -0.4 is 24.7 Å². The van der Waals surface area contributed by atoms with E-state index in [1.807, 2.05) is 6.92 Å². The summed E-state index contributed by atoms with van der Waals surface area (Å²) in [7, 11) is 2.89. The normalized spacial score (nSPS) is 10.1. The lowest BCUT2D eigenvalue weighted by Crippen LogP contribution is -1.98. The quantitative estimate of drug-likeness (QED) is 0.177. The van der Waals surface area contributed by atoms with Gasteiger partial charge in [0.2, 0.25) is 5.75 Å². The van der Waals surface area contributed by atoms with Gasteiger partial charge in [-0.1, -0.05) is 19.6 Å². The molecule has 208 valence electrons. The molecule has 0 bridgehead atoms. The van der Waals surface area contributed by atoms with Crippen LogP contribution in [0.2, 0.25) is 0 Å². The predicted octanol–water partition coefficient (Wildman–Crippen LogP) is 6.74. The number of rotatable bonds is 9. The van der Waals surface area contributed by atoms with E-state index in [0.717, 1.165) is 6.07 Å². The van der Waals surface area contributed by atoms with E-state index in [2.05, 4.69) is 16.5 Å². The number of ether oxygens (including phenoxy) is 4. The fourth-order valence-electron chi connectivity index (χ4n) is 3.36. The summed E-state index contributed by atoms with van der Waals surface area (Å²) < 4.78 is 48.8. The van der Waals surface area contributed by atoms with E-state index in [-0.39, 0.29) is 40.2 Å². The minimum absolute atomic E-state index is 0.0108. The van der Waals surface area contributed by atoms with Crippen molar-refractivity contribution in [1.82, 2.24) is 9.97 Å². The van der Waals surface area contributed by atoms with Crippen LogP contribution in [0.15, 0.2) is 67.5 Å². The van der Waals surface area contributed by atoms with Gasteiger partial charge in [-0.25, -0.2) is 13.8 Å². The van der Waals surface area contributed by atoms with Crippen molar-refractivity contribution in [2.75, 3.05) is 20.0 Å². The summed E-state index contributed by atoms with van der Waals surface area (Å²) in [5.41, 5.74) is 6.49. The first-order chi connectivity index (χ1) is 19.2. The average molecular weight is 553 g/mol. The van der Waals surface area contributed by atoms with Crippen LogP contribution in [0, 0.1) is 21.7 Å². The maximum Gasteiger partial charge on any atom is 0.406 e. The van der Waals surface area contributed by atoms with E-state index in [0.29, 0.717) is 23.5 Å². The van der Waals surface area contributed by atoms with Crippen molar-refractivity contribution in [3.05, 3.63) is 100 Å². The second-order valence-corrected chi connectivity index (χ2v) is 7.85. The number of anilines is 1. The zero-order valence-corrected chi connectivity index (χ0v) is 21.9. The third-order valence-corrected chi connectivity index (χ3v) is 5.38. The zero-order chi connectivity index (χ0) is 29.2. The first-order valence-corrected chi connectivity index (χ1v) is 11.7. The second-order valence-electron chi connectivity index (χ2n) is 7.85. The monoisotopic (exact) mass is 552 g/mol. The van der Waals surface area contributed by atoms with Gasteiger partial charge in [0.1, 0.15) is 17.8 Å². The number of methoxy groups -OCH3 is 2. The highest BCUT2D eigenvalue weighted by Crippen LogP contribution is 2.37. The Hall–Kier alpha value is -5.26. The molecule has 0 aliphatic heterocycles. The highest BCUT2D eigenvalue weighted by Gasteiger charge is 2.19. The van der Waals surface area contributed by atoms with Crippen LogP contribution in [0.25, 0.3) is 6.08 Å². The molecule has 0 unspecified atom stereocenters. The molecule has 2 aromatic carbocycles. The fourth-order valence-corrected chi connectivity index (χ4v) is 3.36. The van der Waals surface area contributed by atoms with Crippen molar-refractivity contribution >= 4 is 17.7 Å². The minimum atomic E-state index is -0.684. The molecule has 10 nitrogen and oxygen atoms in total. The van der Waals surface area contributed by atoms with Crippen molar-refractivity contribution in [1.29, 1.82) is 0 Å². The highest BCUT2D eigenvalue weighted by molar-refractivity contribution is 5.57. The van der Waals surface area contributed by atoms with Crippen LogP contribution in [0.4, 0.5) is 20.4 Å². The number of hydrogen-bond acceptors (Lipinski definition) is 9. The summed E-state index contributed by atoms with van der Waals surface area (Å²) in [4.78, 5) is 17.7. The lowest BCUT2D eigenvalue weighted by atomic mass is 10.1. The molecule has 0 spiro atoms. The molecule has 2 aromatic heterocycles. The second kappa shape index (κ2) is 13.5. The largest absolute Gasteiger partial charge is 0.493 e. The standard InChI is InChI=1S/C14H11FN2O4.C14H15FN2O2/c1-3-9-7-12(20-2)13(8-10(9)15)21-11-5-4-6-16-14(11)17(18)19;1-3-9-7-12(18-2)13(8-10(9)15)19-11-5-4-6-17-14(11)16/h3-8H,1H2,2H3;4-8H,3H2,1-2H3,(H2,16,17). The molecular formula is C28H26F2N4O6. The number of nitrogens with two attached hydrogens (primary N) is 1. The Labute approximate surface area is 228 Å². The Bertz CT molecular complexity index is 1520. The zero-order valence-electron chi connectivity index (χ0n) is 21.9. The number of nitro groups is 1. The number of aromatic nitrogens is 2. The van der Waals surface area contributed by atoms with Gasteiger partial charge in [0.15, 0.2) is 34.6 Å². The number of hydrogen-bond donors (Lipinski definition) is 1. The summed E-state index contributed by atoms with van der Waals surface area (Å²) in [6.45, 7) is 5.35. The summed E-state index contributed by atoms with van der Waals surface area (Å²) in [6.07, 6.45) is 4.73. The third-order valence-electron chi connectivity index (χ3n) is 5.38. The Morgan fingerprint density at radius 1 is 0.900 bits per heavy atom. The molecule has 0 aliphatic carbocycles. The molecule has 0 saturated heterocycles. The Morgan fingerprint density at radius 3 is 2.05 bits per heavy atom. The summed E-state index contributed by atoms with van der Waals surface area (Å²) in [6, 6.07) is 11.6. The van der Waals surface area contributed by atoms with Crippen LogP contribution in [0.5, 0.6) is 34.5 Å². The molecule has 4 rings (SSSR count). The lowest BCUT2D eigenvalue weighted by Gasteiger charge is -2.13. The molecule has 4 aromatic rings. The van der Waals surface area contributed by atoms with Crippen LogP contribution in [0.1, 0.15) is 18.1 Å². The first kappa shape index (κ1) is 29.3. The fraction of sp³-hybridized carbons (Fsp3) is 0.143. The molecule has 2 N–H and O–H groups in total. The van der Waals surface area contributed by atoms with Gasteiger partial charge in [-0.2, -0.15) is 0 Å². The van der Waals surface area contributed by atoms with Gasteiger partial charge >= 0.3 is 5.82 Å². The van der Waals surface area contributed by atoms with Crippen LogP contribution in [-0.2, 0) is 6.42 Å². The Kier molecular flexibility index (Phi) is 9.90. The van der Waals surface area contributed by atoms with Crippen LogP contribution >= 0.6 is 0 Å². The maximum absolute atomic E-state index is 13.8. The predicted molar refractivity (Wildman–Crippen MR) is 145 cm³/mol. The highest BCUT2D eigenvalue weighted by atomic mass is 19.1. The summed E-state index contributed by atoms with van der Waals surface area (Å²) in [5.74, 6) is 0.0981. The molecule has 0 saturated carbocycles. The number of pyridine rings is 2. The molecule has 0 radical (unpaired) electrons. The molecule has 40 heavy (non-hydrogen) atoms. The molecule has 2 heterocycles. The van der Waals surface area contributed by atoms with Gasteiger partial charge in [0.05, 0.1) is 14.2 Å². The molecule has 0 amide bonds. The van der Waals surface area contributed by atoms with Gasteiger partial charge in [0.25, 0.3) is 0 Å². The smallest absolute Gasteiger partial charge is 0.406 e. The van der Waals surface area contributed by atoms with E-state index in [9.17, 15) is 18.9 Å². The molecule has 0 fully saturated rings. The molecule has 12 heteroatoms. The minimum Gasteiger partial charge on any atom is -0.493 e. The first-order valence-electron chi connectivity index (χ1n) is 11.7. The van der Waals surface area contributed by atoms with Crippen LogP contribution in [-0.4, -0.2) is 29.1 Å². The summed E-state index contributed by atoms with van der Waals surface area (Å²) in [5, 5.41) is 10.9. The Morgan fingerprint density at radius 2 is 1.48 bits per heavy atom. The maximum atomic E-state index is 13.8. The van der Waals surface area contributed by atoms with Gasteiger partial charge in [0, 0.05) is 23.9 Å². The van der Waals surface area contributed by atoms with Crippen molar-refractivity contribution in [3.63, 3.8) is 0 Å². The van der Waals surface area contributed by atoms with Crippen LogP contribution in [0.3, 0.4) is 0 Å². The number of halogens is 2. The van der Waals surface area contributed by atoms with Gasteiger partial charge in [-0.3, -0.25) is 0 Å². The number of aryl methyl sites for hydroxylation is 1. The number of nitrogen functional groups attached to an aromatic ring is 1. The van der Waals surface area contributed by atoms with Crippen molar-refractivity contribution in [3.8, 4) is 34.5 Å². The molecule has 0 atom stereocenters. The van der Waals surface area contributed by atoms with Gasteiger partial charge < -0.3 is 34.8 Å². The van der Waals surface area contributed by atoms with Crippen molar-refractivity contribution in [2.24, 2.45) is 0 Å². The lowest BCUT2D eigenvalue weighted by molar-refractivity contribution is -0.390. The van der Waals surface area contributed by atoms with E-state index < -0.39 is 16.6 Å².